The molecule has 7 heteroatoms. The molecule has 0 fully saturated rings. The van der Waals surface area contributed by atoms with E-state index in [1.807, 2.05) is 6.07 Å². The van der Waals surface area contributed by atoms with E-state index in [4.69, 9.17) is 0 Å². The number of benzene rings is 1. The summed E-state index contributed by atoms with van der Waals surface area (Å²) in [7, 11) is -2.32. The van der Waals surface area contributed by atoms with Gasteiger partial charge in [-0.05, 0) is 12.0 Å². The van der Waals surface area contributed by atoms with Crippen molar-refractivity contribution < 1.29 is 17.9 Å². The molecule has 0 aromatic heterocycles. The Labute approximate surface area is 126 Å². The van der Waals surface area contributed by atoms with Crippen LogP contribution in [0.2, 0.25) is 0 Å². The van der Waals surface area contributed by atoms with E-state index in [1.165, 1.54) is 7.11 Å². The quantitative estimate of drug-likeness (QED) is 0.430. The highest BCUT2D eigenvalue weighted by molar-refractivity contribution is 14.1. The third-order valence-electron chi connectivity index (χ3n) is 2.40. The van der Waals surface area contributed by atoms with Crippen molar-refractivity contribution in [3.05, 3.63) is 35.9 Å². The Morgan fingerprint density at radius 3 is 2.53 bits per heavy atom. The van der Waals surface area contributed by atoms with Crippen LogP contribution in [0.15, 0.2) is 30.3 Å². The minimum Gasteiger partial charge on any atom is -0.468 e. The highest BCUT2D eigenvalue weighted by Gasteiger charge is 2.24. The Morgan fingerprint density at radius 2 is 2.00 bits per heavy atom. The average Bonchev–Trinajstić information content (AvgIpc) is 2.37. The van der Waals surface area contributed by atoms with Gasteiger partial charge in [-0.1, -0.05) is 52.9 Å². The van der Waals surface area contributed by atoms with Crippen molar-refractivity contribution >= 4 is 38.6 Å². The molecule has 1 rings (SSSR count). The topological polar surface area (TPSA) is 72.5 Å². The Bertz CT molecular complexity index is 504. The van der Waals surface area contributed by atoms with Crippen LogP contribution in [-0.4, -0.2) is 32.0 Å². The lowest BCUT2D eigenvalue weighted by Gasteiger charge is -2.15. The summed E-state index contributed by atoms with van der Waals surface area (Å²) in [6, 6.07) is 7.99. The van der Waals surface area contributed by atoms with Gasteiger partial charge in [-0.2, -0.15) is 0 Å². The van der Waals surface area contributed by atoms with Gasteiger partial charge >= 0.3 is 5.97 Å². The highest BCUT2D eigenvalue weighted by Crippen LogP contribution is 2.07. The van der Waals surface area contributed by atoms with Crippen molar-refractivity contribution in [1.29, 1.82) is 0 Å². The minimum absolute atomic E-state index is 0.150. The van der Waals surface area contributed by atoms with Crippen molar-refractivity contribution in [3.63, 3.8) is 0 Å². The van der Waals surface area contributed by atoms with Crippen LogP contribution in [0, 0.1) is 0 Å². The van der Waals surface area contributed by atoms with Crippen LogP contribution in [-0.2, 0) is 25.3 Å². The fourth-order valence-corrected chi connectivity index (χ4v) is 3.51. The molecule has 0 unspecified atom stereocenters. The van der Waals surface area contributed by atoms with Gasteiger partial charge in [0.1, 0.15) is 6.04 Å². The maximum absolute atomic E-state index is 12.0. The molecule has 0 heterocycles. The SMILES string of the molecule is COC(=O)[C@@H](CCI)NS(=O)(=O)Cc1ccccc1. The number of ether oxygens (including phenoxy) is 1. The first-order valence-electron chi connectivity index (χ1n) is 5.66. The first kappa shape index (κ1) is 16.4. The van der Waals surface area contributed by atoms with Crippen LogP contribution in [0.4, 0.5) is 0 Å². The van der Waals surface area contributed by atoms with Gasteiger partial charge in [-0.3, -0.25) is 4.79 Å². The van der Waals surface area contributed by atoms with Gasteiger partial charge < -0.3 is 4.74 Å². The van der Waals surface area contributed by atoms with Gasteiger partial charge in [-0.15, -0.1) is 0 Å². The second-order valence-electron chi connectivity index (χ2n) is 3.92. The number of sulfonamides is 1. The van der Waals surface area contributed by atoms with E-state index in [2.05, 4.69) is 32.0 Å². The molecule has 19 heavy (non-hydrogen) atoms. The zero-order valence-corrected chi connectivity index (χ0v) is 13.5. The number of nitrogens with one attached hydrogen (secondary N) is 1. The van der Waals surface area contributed by atoms with E-state index in [1.54, 1.807) is 24.3 Å². The van der Waals surface area contributed by atoms with E-state index >= 15 is 0 Å². The molecular weight excluding hydrogens is 381 g/mol. The number of methoxy groups -OCH3 is 1. The maximum atomic E-state index is 12.0. The first-order valence-corrected chi connectivity index (χ1v) is 8.84. The normalized spacial score (nSPS) is 12.9. The van der Waals surface area contributed by atoms with Gasteiger partial charge in [0.15, 0.2) is 0 Å². The molecule has 1 N–H and O–H groups in total. The maximum Gasteiger partial charge on any atom is 0.323 e. The van der Waals surface area contributed by atoms with E-state index in [0.29, 0.717) is 16.4 Å². The molecule has 1 aromatic carbocycles. The lowest BCUT2D eigenvalue weighted by Crippen LogP contribution is -2.42. The summed E-state index contributed by atoms with van der Waals surface area (Å²) in [5.41, 5.74) is 0.674. The highest BCUT2D eigenvalue weighted by atomic mass is 127. The molecule has 0 spiro atoms. The molecule has 1 atom stereocenters. The summed E-state index contributed by atoms with van der Waals surface area (Å²) < 4.78 is 31.6. The third kappa shape index (κ3) is 5.87. The number of rotatable bonds is 7. The van der Waals surface area contributed by atoms with Crippen molar-refractivity contribution in [2.75, 3.05) is 11.5 Å². The number of carbonyl (C=O) groups is 1. The number of hydrogen-bond acceptors (Lipinski definition) is 4. The Kier molecular flexibility index (Phi) is 6.73. The molecule has 0 aliphatic rings. The first-order chi connectivity index (χ1) is 8.98. The Hall–Kier alpha value is -0.670. The molecular formula is C12H16INO4S. The molecule has 1 aromatic rings. The summed E-state index contributed by atoms with van der Waals surface area (Å²) in [6.45, 7) is 0. The predicted molar refractivity (Wildman–Crippen MR) is 81.5 cm³/mol. The average molecular weight is 397 g/mol. The summed E-state index contributed by atoms with van der Waals surface area (Å²) in [5.74, 6) is -0.712. The third-order valence-corrected chi connectivity index (χ3v) is 4.38. The van der Waals surface area contributed by atoms with E-state index in [-0.39, 0.29) is 5.75 Å². The van der Waals surface area contributed by atoms with Crippen LogP contribution in [0.5, 0.6) is 0 Å². The van der Waals surface area contributed by atoms with Crippen LogP contribution in [0.3, 0.4) is 0 Å². The zero-order chi connectivity index (χ0) is 14.3. The lowest BCUT2D eigenvalue weighted by molar-refractivity contribution is -0.142. The van der Waals surface area contributed by atoms with Crippen molar-refractivity contribution in [2.45, 2.75) is 18.2 Å². The van der Waals surface area contributed by atoms with Crippen molar-refractivity contribution in [1.82, 2.24) is 4.72 Å². The Balaban J connectivity index is 2.74. The fourth-order valence-electron chi connectivity index (χ4n) is 1.53. The zero-order valence-electron chi connectivity index (χ0n) is 10.5. The van der Waals surface area contributed by atoms with E-state index < -0.39 is 22.0 Å². The molecule has 0 radical (unpaired) electrons. The van der Waals surface area contributed by atoms with E-state index in [9.17, 15) is 13.2 Å². The monoisotopic (exact) mass is 397 g/mol. The van der Waals surface area contributed by atoms with Crippen LogP contribution < -0.4 is 4.72 Å². The second kappa shape index (κ2) is 7.81. The molecule has 5 nitrogen and oxygen atoms in total. The van der Waals surface area contributed by atoms with Gasteiger partial charge in [-0.25, -0.2) is 13.1 Å². The molecule has 0 aliphatic heterocycles. The predicted octanol–water partition coefficient (Wildman–Crippen LogP) is 1.47. The largest absolute Gasteiger partial charge is 0.468 e. The van der Waals surface area contributed by atoms with Crippen LogP contribution >= 0.6 is 22.6 Å². The molecule has 0 bridgehead atoms. The number of halogens is 1. The molecule has 106 valence electrons. The summed E-state index contributed by atoms with van der Waals surface area (Å²) in [6.07, 6.45) is 0.404. The number of esters is 1. The second-order valence-corrected chi connectivity index (χ2v) is 6.75. The molecule has 0 amide bonds. The molecule has 0 saturated carbocycles. The standard InChI is InChI=1S/C12H16INO4S/c1-18-12(15)11(7-8-13)14-19(16,17)9-10-5-3-2-4-6-10/h2-6,11,14H,7-9H2,1H3/t11-/m1/s1. The van der Waals surface area contributed by atoms with Gasteiger partial charge in [0.25, 0.3) is 0 Å². The van der Waals surface area contributed by atoms with Gasteiger partial charge in [0.05, 0.1) is 12.9 Å². The van der Waals surface area contributed by atoms with E-state index in [0.717, 1.165) is 0 Å². The summed E-state index contributed by atoms with van der Waals surface area (Å²) in [4.78, 5) is 11.5. The fraction of sp³-hybridized carbons (Fsp3) is 0.417. The van der Waals surface area contributed by atoms with Gasteiger partial charge in [0, 0.05) is 4.43 Å². The molecule has 0 saturated heterocycles. The summed E-state index contributed by atoms with van der Waals surface area (Å²) in [5, 5.41) is 0. The lowest BCUT2D eigenvalue weighted by atomic mass is 10.2. The van der Waals surface area contributed by atoms with Crippen molar-refractivity contribution in [2.24, 2.45) is 0 Å². The summed E-state index contributed by atoms with van der Waals surface area (Å²) >= 11 is 2.08. The van der Waals surface area contributed by atoms with Crippen LogP contribution in [0.25, 0.3) is 0 Å². The van der Waals surface area contributed by atoms with Crippen molar-refractivity contribution in [3.8, 4) is 0 Å². The minimum atomic E-state index is -3.57. The molecule has 0 aliphatic carbocycles. The number of hydrogen-bond donors (Lipinski definition) is 1. The van der Waals surface area contributed by atoms with Crippen LogP contribution in [0.1, 0.15) is 12.0 Å². The number of alkyl halides is 1. The smallest absolute Gasteiger partial charge is 0.323 e. The van der Waals surface area contributed by atoms with Gasteiger partial charge in [0.2, 0.25) is 10.0 Å². The Morgan fingerprint density at radius 1 is 1.37 bits per heavy atom. The number of carbonyl (C=O) groups excluding carboxylic acids is 1.